The lowest BCUT2D eigenvalue weighted by Crippen LogP contribution is -2.09. The molecule has 4 nitrogen and oxygen atoms in total. The number of aromatic nitrogens is 1. The highest BCUT2D eigenvalue weighted by atomic mass is 32.1. The Labute approximate surface area is 322 Å². The van der Waals surface area contributed by atoms with E-state index in [1.807, 2.05) is 65.1 Å². The van der Waals surface area contributed by atoms with Crippen LogP contribution in [0.25, 0.3) is 96.0 Å². The fraction of sp³-hybridized carbons (Fsp3) is 0. The van der Waals surface area contributed by atoms with Gasteiger partial charge in [-0.2, -0.15) is 0 Å². The normalized spacial score (nSPS) is 12.0. The van der Waals surface area contributed by atoms with Gasteiger partial charge in [0.2, 0.25) is 5.89 Å². The summed E-state index contributed by atoms with van der Waals surface area (Å²) in [4.78, 5) is 7.17. The highest BCUT2D eigenvalue weighted by Crippen LogP contribution is 2.45. The monoisotopic (exact) mass is 740 g/mol. The van der Waals surface area contributed by atoms with Crippen molar-refractivity contribution in [3.63, 3.8) is 0 Å². The molecule has 0 bridgehead atoms. The fourth-order valence-corrected chi connectivity index (χ4v) is 10.4. The summed E-state index contributed by atoms with van der Waals surface area (Å²) in [6.45, 7) is 0. The average molecular weight is 741 g/mol. The standard InChI is InChI=1S/C49H28N2O2S2/c1-2-9-30(10-3-1)49-50-40-28-42-39(27-43(40)53-49)48-34(13-8-14-41(48)52-42)29-17-19-31(20-18-29)51(32-21-23-37-35-11-4-6-15-44(35)54-46(37)25-32)33-22-24-38-36-12-5-7-16-45(36)55-47(38)26-33/h1-28H. The number of oxazole rings is 1. The molecule has 0 N–H and O–H groups in total. The molecule has 0 unspecified atom stereocenters. The summed E-state index contributed by atoms with van der Waals surface area (Å²) in [6.07, 6.45) is 0. The van der Waals surface area contributed by atoms with Gasteiger partial charge in [0.15, 0.2) is 5.58 Å². The molecule has 4 heterocycles. The Morgan fingerprint density at radius 3 is 1.71 bits per heavy atom. The number of thiophene rings is 2. The number of fused-ring (bicyclic) bond motifs is 10. The van der Waals surface area contributed by atoms with Gasteiger partial charge in [-0.1, -0.05) is 91.0 Å². The van der Waals surface area contributed by atoms with Crippen LogP contribution < -0.4 is 4.90 Å². The number of rotatable bonds is 5. The summed E-state index contributed by atoms with van der Waals surface area (Å²) in [5.74, 6) is 0.603. The van der Waals surface area contributed by atoms with E-state index < -0.39 is 0 Å². The van der Waals surface area contributed by atoms with Crippen LogP contribution in [0.4, 0.5) is 17.1 Å². The summed E-state index contributed by atoms with van der Waals surface area (Å²) in [5.41, 5.74) is 9.64. The van der Waals surface area contributed by atoms with Crippen molar-refractivity contribution in [3.8, 4) is 22.6 Å². The van der Waals surface area contributed by atoms with Crippen LogP contribution in [0.5, 0.6) is 0 Å². The topological polar surface area (TPSA) is 42.4 Å². The SMILES string of the molecule is c1ccc(-c2nc3cc4oc5cccc(-c6ccc(N(c7ccc8c(c7)sc7ccccc78)c7ccc8c(c7)sc7ccccc78)cc6)c5c4cc3o2)cc1. The number of nitrogens with zero attached hydrogens (tertiary/aromatic N) is 2. The van der Waals surface area contributed by atoms with Crippen molar-refractivity contribution in [2.45, 2.75) is 0 Å². The zero-order valence-electron chi connectivity index (χ0n) is 29.2. The smallest absolute Gasteiger partial charge is 0.227 e. The Balaban J connectivity index is 0.994. The van der Waals surface area contributed by atoms with E-state index in [-0.39, 0.29) is 0 Å². The van der Waals surface area contributed by atoms with E-state index in [9.17, 15) is 0 Å². The van der Waals surface area contributed by atoms with Crippen molar-refractivity contribution in [1.29, 1.82) is 0 Å². The van der Waals surface area contributed by atoms with Gasteiger partial charge < -0.3 is 13.7 Å². The lowest BCUT2D eigenvalue weighted by Gasteiger charge is -2.26. The molecule has 4 aromatic heterocycles. The third kappa shape index (κ3) is 4.85. The Kier molecular flexibility index (Phi) is 6.64. The molecule has 0 fully saturated rings. The second kappa shape index (κ2) is 11.9. The summed E-state index contributed by atoms with van der Waals surface area (Å²) in [5, 5.41) is 7.26. The molecule has 0 saturated carbocycles. The van der Waals surface area contributed by atoms with Crippen molar-refractivity contribution < 1.29 is 8.83 Å². The van der Waals surface area contributed by atoms with Crippen LogP contribution in [-0.4, -0.2) is 4.98 Å². The summed E-state index contributed by atoms with van der Waals surface area (Å²) >= 11 is 3.70. The molecule has 258 valence electrons. The van der Waals surface area contributed by atoms with Gasteiger partial charge in [-0.25, -0.2) is 4.98 Å². The first-order chi connectivity index (χ1) is 27.2. The fourth-order valence-electron chi connectivity index (χ4n) is 8.14. The molecule has 0 atom stereocenters. The number of hydrogen-bond acceptors (Lipinski definition) is 6. The summed E-state index contributed by atoms with van der Waals surface area (Å²) < 4.78 is 17.9. The maximum atomic E-state index is 6.44. The third-order valence-electron chi connectivity index (χ3n) is 10.7. The molecule has 0 spiro atoms. The lowest BCUT2D eigenvalue weighted by atomic mass is 9.99. The van der Waals surface area contributed by atoms with Crippen LogP contribution in [0, 0.1) is 0 Å². The van der Waals surface area contributed by atoms with Gasteiger partial charge in [0.05, 0.1) is 0 Å². The molecular weight excluding hydrogens is 713 g/mol. The van der Waals surface area contributed by atoms with E-state index in [1.165, 1.54) is 40.3 Å². The maximum Gasteiger partial charge on any atom is 0.227 e. The molecule has 6 heteroatoms. The Bertz CT molecular complexity index is 3330. The first-order valence-electron chi connectivity index (χ1n) is 18.3. The number of furan rings is 1. The van der Waals surface area contributed by atoms with Crippen molar-refractivity contribution in [2.75, 3.05) is 4.90 Å². The molecule has 0 aliphatic heterocycles. The van der Waals surface area contributed by atoms with Crippen molar-refractivity contribution in [2.24, 2.45) is 0 Å². The highest BCUT2D eigenvalue weighted by molar-refractivity contribution is 7.26. The van der Waals surface area contributed by atoms with Crippen LogP contribution in [0.1, 0.15) is 0 Å². The molecule has 0 aliphatic carbocycles. The Morgan fingerprint density at radius 1 is 0.400 bits per heavy atom. The molecular formula is C49H28N2O2S2. The zero-order valence-corrected chi connectivity index (χ0v) is 30.8. The van der Waals surface area contributed by atoms with Gasteiger partial charge in [0.1, 0.15) is 16.7 Å². The second-order valence-corrected chi connectivity index (χ2v) is 16.1. The largest absolute Gasteiger partial charge is 0.456 e. The summed E-state index contributed by atoms with van der Waals surface area (Å²) in [7, 11) is 0. The molecule has 0 saturated heterocycles. The van der Waals surface area contributed by atoms with E-state index in [1.54, 1.807) is 0 Å². The Hall–Kier alpha value is -6.73. The van der Waals surface area contributed by atoms with Crippen LogP contribution in [0.15, 0.2) is 179 Å². The zero-order chi connectivity index (χ0) is 36.0. The minimum Gasteiger partial charge on any atom is -0.456 e. The molecule has 12 rings (SSSR count). The molecule has 0 amide bonds. The number of anilines is 3. The van der Waals surface area contributed by atoms with E-state index in [0.717, 1.165) is 66.8 Å². The minimum atomic E-state index is 0.603. The maximum absolute atomic E-state index is 6.44. The van der Waals surface area contributed by atoms with Crippen molar-refractivity contribution in [1.82, 2.24) is 4.98 Å². The van der Waals surface area contributed by atoms with Crippen LogP contribution in [0.3, 0.4) is 0 Å². The van der Waals surface area contributed by atoms with Gasteiger partial charge in [-0.15, -0.1) is 22.7 Å². The Morgan fingerprint density at radius 2 is 1.02 bits per heavy atom. The van der Waals surface area contributed by atoms with Gasteiger partial charge >= 0.3 is 0 Å². The molecule has 8 aromatic carbocycles. The summed E-state index contributed by atoms with van der Waals surface area (Å²) in [6, 6.07) is 60.4. The molecule has 0 radical (unpaired) electrons. The van der Waals surface area contributed by atoms with Gasteiger partial charge in [-0.05, 0) is 83.9 Å². The highest BCUT2D eigenvalue weighted by Gasteiger charge is 2.19. The van der Waals surface area contributed by atoms with Crippen LogP contribution in [-0.2, 0) is 0 Å². The predicted molar refractivity (Wildman–Crippen MR) is 233 cm³/mol. The van der Waals surface area contributed by atoms with Crippen LogP contribution in [0.2, 0.25) is 0 Å². The lowest BCUT2D eigenvalue weighted by molar-refractivity contribution is 0.620. The number of benzene rings is 8. The van der Waals surface area contributed by atoms with E-state index in [2.05, 4.69) is 132 Å². The second-order valence-electron chi connectivity index (χ2n) is 13.9. The molecule has 12 aromatic rings. The van der Waals surface area contributed by atoms with E-state index >= 15 is 0 Å². The molecule has 0 aliphatic rings. The van der Waals surface area contributed by atoms with Crippen LogP contribution >= 0.6 is 22.7 Å². The van der Waals surface area contributed by atoms with E-state index in [4.69, 9.17) is 13.8 Å². The van der Waals surface area contributed by atoms with Gasteiger partial charge in [0, 0.05) is 79.8 Å². The molecule has 55 heavy (non-hydrogen) atoms. The number of hydrogen-bond donors (Lipinski definition) is 0. The average Bonchev–Trinajstić information content (AvgIpc) is 4.01. The van der Waals surface area contributed by atoms with Gasteiger partial charge in [0.25, 0.3) is 0 Å². The predicted octanol–water partition coefficient (Wildman–Crippen LogP) is 15.3. The first kappa shape index (κ1) is 30.7. The first-order valence-corrected chi connectivity index (χ1v) is 19.9. The third-order valence-corrected chi connectivity index (χ3v) is 13.0. The van der Waals surface area contributed by atoms with E-state index in [0.29, 0.717) is 5.89 Å². The van der Waals surface area contributed by atoms with Gasteiger partial charge in [-0.3, -0.25) is 0 Å². The minimum absolute atomic E-state index is 0.603. The van der Waals surface area contributed by atoms with Crippen molar-refractivity contribution >= 4 is 113 Å². The van der Waals surface area contributed by atoms with Crippen molar-refractivity contribution in [3.05, 3.63) is 170 Å². The quantitative estimate of drug-likeness (QED) is 0.176.